The lowest BCUT2D eigenvalue weighted by molar-refractivity contribution is -0.115. The second-order valence-corrected chi connectivity index (χ2v) is 12.2. The van der Waals surface area contributed by atoms with Crippen LogP contribution in [-0.4, -0.2) is 45.7 Å². The van der Waals surface area contributed by atoms with Crippen LogP contribution in [0.5, 0.6) is 0 Å². The van der Waals surface area contributed by atoms with Gasteiger partial charge in [0.2, 0.25) is 5.91 Å². The summed E-state index contributed by atoms with van der Waals surface area (Å²) in [6, 6.07) is 17.1. The largest absolute Gasteiger partial charge is 0.353 e. The summed E-state index contributed by atoms with van der Waals surface area (Å²) in [5, 5.41) is 9.78. The Morgan fingerprint density at radius 2 is 1.88 bits per heavy atom. The zero-order valence-corrected chi connectivity index (χ0v) is 23.5. The van der Waals surface area contributed by atoms with Crippen LogP contribution in [0.3, 0.4) is 0 Å². The molecule has 4 aromatic heterocycles. The van der Waals surface area contributed by atoms with E-state index in [9.17, 15) is 17.6 Å². The molecule has 0 aliphatic heterocycles. The standard InChI is InChI=1S/C30H26FN7O3S/c1-3-27(39)34-20-12-18(14-33-15-20)23-7-8-25-28(36-23)29(38-37-25)26-13-22-21(5-4-6-24(22)35-26)16-9-17(11-19(31)10-16)30(32)42(2,40)41/h4-15,30,35H,3,32H2,1-2H3,(H,34,39)(H,37,38). The van der Waals surface area contributed by atoms with Crippen LogP contribution in [0.15, 0.2) is 73.1 Å². The van der Waals surface area contributed by atoms with Gasteiger partial charge in [-0.15, -0.1) is 0 Å². The molecule has 0 bridgehead atoms. The average Bonchev–Trinajstić information content (AvgIpc) is 3.59. The third-order valence-corrected chi connectivity index (χ3v) is 8.18. The highest BCUT2D eigenvalue weighted by Gasteiger charge is 2.21. The molecule has 5 N–H and O–H groups in total. The van der Waals surface area contributed by atoms with Crippen molar-refractivity contribution in [2.45, 2.75) is 18.7 Å². The highest BCUT2D eigenvalue weighted by molar-refractivity contribution is 7.90. The van der Waals surface area contributed by atoms with E-state index < -0.39 is 21.0 Å². The van der Waals surface area contributed by atoms with Crippen molar-refractivity contribution in [3.63, 3.8) is 0 Å². The number of carbonyl (C=O) groups is 1. The Labute approximate surface area is 240 Å². The minimum absolute atomic E-state index is 0.111. The minimum atomic E-state index is -3.63. The number of hydrogen-bond acceptors (Lipinski definition) is 7. The van der Waals surface area contributed by atoms with Crippen molar-refractivity contribution in [2.75, 3.05) is 11.6 Å². The van der Waals surface area contributed by atoms with Gasteiger partial charge in [0.25, 0.3) is 0 Å². The van der Waals surface area contributed by atoms with E-state index in [0.717, 1.165) is 34.3 Å². The maximum Gasteiger partial charge on any atom is 0.224 e. The second kappa shape index (κ2) is 10.5. The number of hydrogen-bond donors (Lipinski definition) is 4. The fraction of sp³-hybridized carbons (Fsp3) is 0.133. The lowest BCUT2D eigenvalue weighted by Crippen LogP contribution is -2.20. The summed E-state index contributed by atoms with van der Waals surface area (Å²) in [5.41, 5.74) is 12.6. The maximum atomic E-state index is 14.6. The summed E-state index contributed by atoms with van der Waals surface area (Å²) in [4.78, 5) is 24.3. The molecule has 10 nitrogen and oxygen atoms in total. The molecule has 1 atom stereocenters. The number of pyridine rings is 2. The van der Waals surface area contributed by atoms with E-state index in [1.807, 2.05) is 42.5 Å². The minimum Gasteiger partial charge on any atom is -0.353 e. The molecule has 212 valence electrons. The first-order valence-electron chi connectivity index (χ1n) is 13.1. The summed E-state index contributed by atoms with van der Waals surface area (Å²) in [7, 11) is -3.63. The maximum absolute atomic E-state index is 14.6. The Balaban J connectivity index is 1.42. The molecule has 0 aliphatic carbocycles. The number of amides is 1. The number of sulfone groups is 1. The molecule has 12 heteroatoms. The van der Waals surface area contributed by atoms with Crippen molar-refractivity contribution < 1.29 is 17.6 Å². The van der Waals surface area contributed by atoms with E-state index in [1.54, 1.807) is 25.4 Å². The predicted molar refractivity (Wildman–Crippen MR) is 160 cm³/mol. The van der Waals surface area contributed by atoms with Gasteiger partial charge in [-0.25, -0.2) is 17.8 Å². The SMILES string of the molecule is CCC(=O)Nc1cncc(-c2ccc3[nH]nc(-c4cc5c(-c6cc(F)cc(C(N)S(C)(=O)=O)c6)cccc5[nH]4)c3n2)c1. The number of rotatable bonds is 7. The Kier molecular flexibility index (Phi) is 6.79. The number of carbonyl (C=O) groups excluding carboxylic acids is 1. The number of fused-ring (bicyclic) bond motifs is 2. The summed E-state index contributed by atoms with van der Waals surface area (Å²) in [6.45, 7) is 1.78. The molecule has 2 aromatic carbocycles. The van der Waals surface area contributed by atoms with E-state index >= 15 is 0 Å². The number of nitrogens with two attached hydrogens (primary N) is 1. The fourth-order valence-electron chi connectivity index (χ4n) is 4.86. The van der Waals surface area contributed by atoms with Crippen LogP contribution >= 0.6 is 0 Å². The zero-order chi connectivity index (χ0) is 29.6. The van der Waals surface area contributed by atoms with Gasteiger partial charge in [-0.05, 0) is 65.2 Å². The molecule has 0 radical (unpaired) electrons. The first-order chi connectivity index (χ1) is 20.1. The summed E-state index contributed by atoms with van der Waals surface area (Å²) in [5.74, 6) is -0.697. The van der Waals surface area contributed by atoms with E-state index in [4.69, 9.17) is 10.7 Å². The van der Waals surface area contributed by atoms with Crippen LogP contribution in [0.2, 0.25) is 0 Å². The van der Waals surface area contributed by atoms with Crippen LogP contribution in [0.4, 0.5) is 10.1 Å². The summed E-state index contributed by atoms with van der Waals surface area (Å²) < 4.78 is 38.7. The molecule has 0 saturated carbocycles. The van der Waals surface area contributed by atoms with Crippen LogP contribution in [0.1, 0.15) is 24.3 Å². The quantitative estimate of drug-likeness (QED) is 0.198. The van der Waals surface area contributed by atoms with Crippen LogP contribution in [-0.2, 0) is 14.6 Å². The smallest absolute Gasteiger partial charge is 0.224 e. The third kappa shape index (κ3) is 5.13. The summed E-state index contributed by atoms with van der Waals surface area (Å²) >= 11 is 0. The zero-order valence-electron chi connectivity index (χ0n) is 22.6. The monoisotopic (exact) mass is 583 g/mol. The van der Waals surface area contributed by atoms with Gasteiger partial charge in [-0.3, -0.25) is 14.9 Å². The van der Waals surface area contributed by atoms with E-state index in [0.29, 0.717) is 45.8 Å². The Bertz CT molecular complexity index is 2100. The van der Waals surface area contributed by atoms with Gasteiger partial charge >= 0.3 is 0 Å². The van der Waals surface area contributed by atoms with Gasteiger partial charge in [0.15, 0.2) is 9.84 Å². The number of H-pyrrole nitrogens is 2. The first-order valence-corrected chi connectivity index (χ1v) is 15.0. The van der Waals surface area contributed by atoms with Crippen LogP contribution in [0, 0.1) is 5.82 Å². The third-order valence-electron chi connectivity index (χ3n) is 6.99. The lowest BCUT2D eigenvalue weighted by Gasteiger charge is -2.12. The number of anilines is 1. The molecular weight excluding hydrogens is 557 g/mol. The molecule has 4 heterocycles. The first kappa shape index (κ1) is 27.2. The van der Waals surface area contributed by atoms with Crippen LogP contribution in [0.25, 0.3) is 55.7 Å². The average molecular weight is 584 g/mol. The van der Waals surface area contributed by atoms with Gasteiger partial charge in [-0.2, -0.15) is 5.10 Å². The number of nitrogens with zero attached hydrogens (tertiary/aromatic N) is 3. The van der Waals surface area contributed by atoms with Gasteiger partial charge < -0.3 is 16.0 Å². The topological polar surface area (TPSA) is 160 Å². The van der Waals surface area contributed by atoms with Gasteiger partial charge in [0.1, 0.15) is 22.4 Å². The molecule has 0 fully saturated rings. The van der Waals surface area contributed by atoms with Gasteiger partial charge in [0.05, 0.1) is 28.8 Å². The van der Waals surface area contributed by atoms with Gasteiger partial charge in [0, 0.05) is 35.3 Å². The molecule has 42 heavy (non-hydrogen) atoms. The molecule has 0 aliphatic rings. The molecule has 1 amide bonds. The summed E-state index contributed by atoms with van der Waals surface area (Å²) in [6.07, 6.45) is 4.63. The Morgan fingerprint density at radius 1 is 1.05 bits per heavy atom. The van der Waals surface area contributed by atoms with Crippen molar-refractivity contribution in [2.24, 2.45) is 5.73 Å². The number of aromatic nitrogens is 5. The van der Waals surface area contributed by atoms with Crippen LogP contribution < -0.4 is 11.1 Å². The number of nitrogens with one attached hydrogen (secondary N) is 3. The van der Waals surface area contributed by atoms with Gasteiger partial charge in [-0.1, -0.05) is 19.1 Å². The van der Waals surface area contributed by atoms with E-state index in [1.165, 1.54) is 6.07 Å². The van der Waals surface area contributed by atoms with Crippen molar-refractivity contribution in [1.82, 2.24) is 25.1 Å². The number of benzene rings is 2. The Hall–Kier alpha value is -4.94. The number of halogens is 1. The second-order valence-electron chi connectivity index (χ2n) is 10.0. The normalized spacial score (nSPS) is 12.6. The molecular formula is C30H26FN7O3S. The highest BCUT2D eigenvalue weighted by atomic mass is 32.2. The van der Waals surface area contributed by atoms with Crippen molar-refractivity contribution >= 4 is 43.4 Å². The fourth-order valence-corrected chi connectivity index (χ4v) is 5.49. The lowest BCUT2D eigenvalue weighted by atomic mass is 9.99. The van der Waals surface area contributed by atoms with E-state index in [2.05, 4.69) is 25.5 Å². The van der Waals surface area contributed by atoms with Crippen molar-refractivity contribution in [1.29, 1.82) is 0 Å². The van der Waals surface area contributed by atoms with Crippen molar-refractivity contribution in [3.8, 4) is 33.8 Å². The van der Waals surface area contributed by atoms with E-state index in [-0.39, 0.29) is 11.5 Å². The highest BCUT2D eigenvalue weighted by Crippen LogP contribution is 2.35. The number of aromatic amines is 2. The molecule has 6 aromatic rings. The molecule has 6 rings (SSSR count). The van der Waals surface area contributed by atoms with Crippen molar-refractivity contribution in [3.05, 3.63) is 84.4 Å². The predicted octanol–water partition coefficient (Wildman–Crippen LogP) is 5.32. The molecule has 0 spiro atoms. The molecule has 1 unspecified atom stereocenters. The Morgan fingerprint density at radius 3 is 2.67 bits per heavy atom. The molecule has 0 saturated heterocycles.